The van der Waals surface area contributed by atoms with E-state index >= 15 is 0 Å². The van der Waals surface area contributed by atoms with Gasteiger partial charge in [-0.1, -0.05) is 47.5 Å². The van der Waals surface area contributed by atoms with Crippen LogP contribution < -0.4 is 5.32 Å². The van der Waals surface area contributed by atoms with Crippen LogP contribution in [0.15, 0.2) is 42.5 Å². The molecule has 4 nitrogen and oxygen atoms in total. The lowest BCUT2D eigenvalue weighted by molar-refractivity contribution is -0.132. The highest BCUT2D eigenvalue weighted by atomic mass is 35.5. The first-order valence-electron chi connectivity index (χ1n) is 9.79. The first kappa shape index (κ1) is 22.3. The van der Waals surface area contributed by atoms with Gasteiger partial charge in [-0.15, -0.1) is 0 Å². The zero-order chi connectivity index (χ0) is 21.7. The Hall–Kier alpha value is -2.37. The van der Waals surface area contributed by atoms with E-state index in [1.165, 1.54) is 12.1 Å². The predicted octanol–water partition coefficient (Wildman–Crippen LogP) is 5.01. The quantitative estimate of drug-likeness (QED) is 0.653. The van der Waals surface area contributed by atoms with Crippen molar-refractivity contribution >= 4 is 41.1 Å². The summed E-state index contributed by atoms with van der Waals surface area (Å²) in [6.45, 7) is 3.00. The number of benzene rings is 2. The molecule has 0 atom stereocenters. The number of aryl methyl sites for hydroxylation is 1. The highest BCUT2D eigenvalue weighted by Gasteiger charge is 2.26. The van der Waals surface area contributed by atoms with Gasteiger partial charge in [0.05, 0.1) is 10.0 Å². The van der Waals surface area contributed by atoms with Crippen LogP contribution in [0.4, 0.5) is 4.39 Å². The fourth-order valence-corrected chi connectivity index (χ4v) is 3.73. The summed E-state index contributed by atoms with van der Waals surface area (Å²) >= 11 is 12.1. The highest BCUT2D eigenvalue weighted by Crippen LogP contribution is 2.26. The van der Waals surface area contributed by atoms with Crippen LogP contribution in [0, 0.1) is 18.7 Å². The Labute approximate surface area is 185 Å². The summed E-state index contributed by atoms with van der Waals surface area (Å²) in [6.07, 6.45) is 4.30. The fraction of sp³-hybridized carbons (Fsp3) is 0.304. The number of piperidine rings is 1. The molecule has 0 aliphatic carbocycles. The number of halogens is 3. The van der Waals surface area contributed by atoms with Crippen molar-refractivity contribution in [1.82, 2.24) is 10.2 Å². The number of nitrogens with one attached hydrogen (secondary N) is 1. The van der Waals surface area contributed by atoms with Crippen LogP contribution in [0.1, 0.15) is 29.5 Å². The van der Waals surface area contributed by atoms with E-state index < -0.39 is 0 Å². The van der Waals surface area contributed by atoms with Gasteiger partial charge in [0.1, 0.15) is 5.82 Å². The van der Waals surface area contributed by atoms with Gasteiger partial charge in [-0.2, -0.15) is 0 Å². The maximum atomic E-state index is 13.6. The summed E-state index contributed by atoms with van der Waals surface area (Å²) in [7, 11) is 0. The number of amides is 2. The van der Waals surface area contributed by atoms with E-state index in [4.69, 9.17) is 23.2 Å². The average Bonchev–Trinajstić information content (AvgIpc) is 2.75. The van der Waals surface area contributed by atoms with Crippen LogP contribution in [0.2, 0.25) is 10.0 Å². The Morgan fingerprint density at radius 1 is 1.20 bits per heavy atom. The Kier molecular flexibility index (Phi) is 7.51. The van der Waals surface area contributed by atoms with Crippen molar-refractivity contribution in [2.75, 3.05) is 13.1 Å². The molecule has 2 aromatic carbocycles. The average molecular weight is 449 g/mol. The van der Waals surface area contributed by atoms with Crippen LogP contribution in [-0.2, 0) is 16.1 Å². The number of carbonyl (C=O) groups is 2. The van der Waals surface area contributed by atoms with Crippen molar-refractivity contribution < 1.29 is 14.0 Å². The molecule has 30 heavy (non-hydrogen) atoms. The molecule has 158 valence electrons. The molecule has 3 rings (SSSR count). The lowest BCUT2D eigenvalue weighted by Crippen LogP contribution is -2.42. The van der Waals surface area contributed by atoms with E-state index in [-0.39, 0.29) is 30.1 Å². The predicted molar refractivity (Wildman–Crippen MR) is 118 cm³/mol. The lowest BCUT2D eigenvalue weighted by Gasteiger charge is -2.30. The van der Waals surface area contributed by atoms with Crippen molar-refractivity contribution in [3.8, 4) is 0 Å². The van der Waals surface area contributed by atoms with Crippen molar-refractivity contribution in [1.29, 1.82) is 0 Å². The lowest BCUT2D eigenvalue weighted by atomic mass is 9.95. The van der Waals surface area contributed by atoms with Gasteiger partial charge in [0, 0.05) is 31.6 Å². The molecule has 1 aliphatic heterocycles. The second-order valence-electron chi connectivity index (χ2n) is 7.38. The number of rotatable bonds is 5. The number of hydrogen-bond acceptors (Lipinski definition) is 2. The van der Waals surface area contributed by atoms with Gasteiger partial charge in [0.25, 0.3) is 0 Å². The largest absolute Gasteiger partial charge is 0.352 e. The van der Waals surface area contributed by atoms with E-state index in [2.05, 4.69) is 5.32 Å². The third kappa shape index (κ3) is 5.61. The van der Waals surface area contributed by atoms with Crippen molar-refractivity contribution in [2.24, 2.45) is 5.92 Å². The van der Waals surface area contributed by atoms with Crippen LogP contribution >= 0.6 is 23.2 Å². The first-order chi connectivity index (χ1) is 14.3. The van der Waals surface area contributed by atoms with Crippen molar-refractivity contribution in [2.45, 2.75) is 26.3 Å². The molecule has 0 bridgehead atoms. The summed E-state index contributed by atoms with van der Waals surface area (Å²) in [5.74, 6) is -0.624. The molecule has 7 heteroatoms. The molecule has 1 N–H and O–H groups in total. The molecule has 0 spiro atoms. The Balaban J connectivity index is 1.48. The molecular weight excluding hydrogens is 426 g/mol. The molecular formula is C23H23Cl2FN2O2. The minimum Gasteiger partial charge on any atom is -0.352 e. The van der Waals surface area contributed by atoms with Gasteiger partial charge in [-0.05, 0) is 54.7 Å². The Bertz CT molecular complexity index is 970. The van der Waals surface area contributed by atoms with Gasteiger partial charge >= 0.3 is 0 Å². The molecule has 1 fully saturated rings. The molecule has 2 amide bonds. The smallest absolute Gasteiger partial charge is 0.246 e. The minimum absolute atomic E-state index is 0.0654. The second kappa shape index (κ2) is 10.1. The minimum atomic E-state index is -0.277. The van der Waals surface area contributed by atoms with Crippen molar-refractivity contribution in [3.05, 3.63) is 75.0 Å². The van der Waals surface area contributed by atoms with Crippen molar-refractivity contribution in [3.63, 3.8) is 0 Å². The molecule has 1 heterocycles. The fourth-order valence-electron chi connectivity index (χ4n) is 3.36. The summed E-state index contributed by atoms with van der Waals surface area (Å²) in [5, 5.41) is 3.71. The monoisotopic (exact) mass is 448 g/mol. The normalized spacial score (nSPS) is 14.9. The van der Waals surface area contributed by atoms with Gasteiger partial charge < -0.3 is 10.2 Å². The Morgan fingerprint density at radius 3 is 2.63 bits per heavy atom. The maximum absolute atomic E-state index is 13.6. The summed E-state index contributed by atoms with van der Waals surface area (Å²) in [5.41, 5.74) is 1.98. The van der Waals surface area contributed by atoms with Gasteiger partial charge in [-0.3, -0.25) is 9.59 Å². The third-order valence-electron chi connectivity index (χ3n) is 5.27. The van der Waals surface area contributed by atoms with E-state index in [0.29, 0.717) is 47.1 Å². The molecule has 0 radical (unpaired) electrons. The van der Waals surface area contributed by atoms with E-state index in [0.717, 1.165) is 5.56 Å². The number of nitrogens with zero attached hydrogens (tertiary/aromatic N) is 1. The van der Waals surface area contributed by atoms with Crippen LogP contribution in [0.3, 0.4) is 0 Å². The first-order valence-corrected chi connectivity index (χ1v) is 10.5. The van der Waals surface area contributed by atoms with Gasteiger partial charge in [0.2, 0.25) is 11.8 Å². The summed E-state index contributed by atoms with van der Waals surface area (Å²) < 4.78 is 13.6. The highest BCUT2D eigenvalue weighted by molar-refractivity contribution is 6.42. The van der Waals surface area contributed by atoms with Gasteiger partial charge in [0.15, 0.2) is 0 Å². The van der Waals surface area contributed by atoms with Crippen LogP contribution in [0.25, 0.3) is 6.08 Å². The SMILES string of the molecule is Cc1ccc(CNC(=O)C2CCN(C(=O)/C=C/c3cccc(Cl)c3Cl)CC2)cc1F. The third-order valence-corrected chi connectivity index (χ3v) is 6.10. The maximum Gasteiger partial charge on any atom is 0.246 e. The Morgan fingerprint density at radius 2 is 1.93 bits per heavy atom. The van der Waals surface area contributed by atoms with Gasteiger partial charge in [-0.25, -0.2) is 4.39 Å². The van der Waals surface area contributed by atoms with E-state index in [1.807, 2.05) is 0 Å². The topological polar surface area (TPSA) is 49.4 Å². The van der Waals surface area contributed by atoms with E-state index in [1.54, 1.807) is 48.2 Å². The number of likely N-dealkylation sites (tertiary alicyclic amines) is 1. The van der Waals surface area contributed by atoms with E-state index in [9.17, 15) is 14.0 Å². The molecule has 1 aliphatic rings. The molecule has 2 aromatic rings. The number of carbonyl (C=O) groups excluding carboxylic acids is 2. The molecule has 0 saturated carbocycles. The zero-order valence-corrected chi connectivity index (χ0v) is 18.1. The standard InChI is InChI=1S/C23H23Cl2FN2O2/c1-15-5-6-16(13-20(15)26)14-27-23(30)18-9-11-28(12-10-18)21(29)8-7-17-3-2-4-19(24)22(17)25/h2-8,13,18H,9-12,14H2,1H3,(H,27,30)/b8-7+. The summed E-state index contributed by atoms with van der Waals surface area (Å²) in [4.78, 5) is 26.6. The van der Waals surface area contributed by atoms with Crippen LogP contribution in [-0.4, -0.2) is 29.8 Å². The summed E-state index contributed by atoms with van der Waals surface area (Å²) in [6, 6.07) is 10.2. The number of hydrogen-bond donors (Lipinski definition) is 1. The molecule has 0 unspecified atom stereocenters. The zero-order valence-electron chi connectivity index (χ0n) is 16.6. The van der Waals surface area contributed by atoms with Crippen LogP contribution in [0.5, 0.6) is 0 Å². The molecule has 0 aromatic heterocycles. The molecule has 1 saturated heterocycles. The second-order valence-corrected chi connectivity index (χ2v) is 8.16.